The quantitative estimate of drug-likeness (QED) is 0.784. The number of morpholine rings is 1. The third kappa shape index (κ3) is 1.58. The first kappa shape index (κ1) is 9.74. The van der Waals surface area contributed by atoms with Crippen molar-refractivity contribution in [2.45, 2.75) is 6.10 Å². The molecule has 3 rings (SSSR count). The fraction of sp³-hybridized carbons (Fsp3) is 0.364. The molecule has 1 N–H and O–H groups in total. The van der Waals surface area contributed by atoms with Crippen molar-refractivity contribution in [1.29, 1.82) is 0 Å². The lowest BCUT2D eigenvalue weighted by Crippen LogP contribution is -2.34. The molecule has 0 bridgehead atoms. The maximum atomic E-state index is 13.2. The average Bonchev–Trinajstić information content (AvgIpc) is 2.73. The zero-order chi connectivity index (χ0) is 11.0. The van der Waals surface area contributed by atoms with Gasteiger partial charge in [-0.05, 0) is 12.1 Å². The van der Waals surface area contributed by atoms with Crippen LogP contribution in [0, 0.1) is 5.82 Å². The number of hydrogen-bond acceptors (Lipinski definition) is 3. The fourth-order valence-electron chi connectivity index (χ4n) is 1.95. The number of nitrogens with zero attached hydrogens (tertiary/aromatic N) is 2. The van der Waals surface area contributed by atoms with Crippen molar-refractivity contribution < 1.29 is 9.13 Å². The third-order valence-corrected chi connectivity index (χ3v) is 2.74. The molecule has 0 aliphatic carbocycles. The Bertz CT molecular complexity index is 505. The van der Waals surface area contributed by atoms with E-state index in [0.717, 1.165) is 24.4 Å². The maximum absolute atomic E-state index is 13.2. The van der Waals surface area contributed by atoms with Gasteiger partial charge in [-0.1, -0.05) is 0 Å². The number of nitrogens with one attached hydrogen (secondary N) is 1. The molecule has 4 nitrogen and oxygen atoms in total. The summed E-state index contributed by atoms with van der Waals surface area (Å²) in [4.78, 5) is 4.29. The van der Waals surface area contributed by atoms with Gasteiger partial charge < -0.3 is 10.1 Å². The van der Waals surface area contributed by atoms with Gasteiger partial charge in [0.15, 0.2) is 0 Å². The maximum Gasteiger partial charge on any atom is 0.143 e. The van der Waals surface area contributed by atoms with Gasteiger partial charge in [-0.25, -0.2) is 9.37 Å². The van der Waals surface area contributed by atoms with Crippen LogP contribution in [0.3, 0.4) is 0 Å². The second-order valence-corrected chi connectivity index (χ2v) is 3.82. The highest BCUT2D eigenvalue weighted by Crippen LogP contribution is 2.19. The molecule has 1 aliphatic rings. The lowest BCUT2D eigenvalue weighted by Gasteiger charge is -2.22. The van der Waals surface area contributed by atoms with E-state index in [9.17, 15) is 4.39 Å². The smallest absolute Gasteiger partial charge is 0.143 e. The molecular weight excluding hydrogens is 209 g/mol. The molecule has 84 valence electrons. The van der Waals surface area contributed by atoms with Crippen molar-refractivity contribution in [2.24, 2.45) is 0 Å². The van der Waals surface area contributed by atoms with Crippen molar-refractivity contribution in [3.8, 4) is 0 Å². The van der Waals surface area contributed by atoms with Gasteiger partial charge in [0.1, 0.15) is 17.7 Å². The summed E-state index contributed by atoms with van der Waals surface area (Å²) in [6, 6.07) is 3.14. The minimum Gasteiger partial charge on any atom is -0.368 e. The first-order chi connectivity index (χ1) is 7.84. The highest BCUT2D eigenvalue weighted by atomic mass is 19.1. The molecule has 0 aromatic carbocycles. The van der Waals surface area contributed by atoms with Gasteiger partial charge in [0, 0.05) is 19.3 Å². The summed E-state index contributed by atoms with van der Waals surface area (Å²) >= 11 is 0. The topological polar surface area (TPSA) is 38.6 Å². The molecule has 2 aromatic rings. The predicted molar refractivity (Wildman–Crippen MR) is 56.7 cm³/mol. The average molecular weight is 221 g/mol. The minimum atomic E-state index is -0.268. The molecule has 0 saturated carbocycles. The molecule has 1 saturated heterocycles. The molecule has 1 atom stereocenters. The number of pyridine rings is 1. The largest absolute Gasteiger partial charge is 0.368 e. The van der Waals surface area contributed by atoms with Crippen LogP contribution in [0.25, 0.3) is 5.52 Å². The van der Waals surface area contributed by atoms with Crippen molar-refractivity contribution >= 4 is 5.52 Å². The molecule has 5 heteroatoms. The lowest BCUT2D eigenvalue weighted by molar-refractivity contribution is 0.0218. The molecular formula is C11H12FN3O. The Morgan fingerprint density at radius 3 is 3.25 bits per heavy atom. The predicted octanol–water partition coefficient (Wildman–Crippen LogP) is 1.13. The van der Waals surface area contributed by atoms with Gasteiger partial charge in [-0.15, -0.1) is 0 Å². The van der Waals surface area contributed by atoms with Crippen LogP contribution in [-0.4, -0.2) is 29.1 Å². The normalized spacial score (nSPS) is 21.4. The standard InChI is InChI=1S/C11H12FN3O/c12-8-1-2-9-5-14-11(15(9)7-8)10-6-13-3-4-16-10/h1-2,5,7,10,13H,3-4,6H2. The van der Waals surface area contributed by atoms with Crippen LogP contribution in [0.1, 0.15) is 11.9 Å². The Balaban J connectivity index is 2.05. The number of rotatable bonds is 1. The monoisotopic (exact) mass is 221 g/mol. The zero-order valence-electron chi connectivity index (χ0n) is 8.69. The van der Waals surface area contributed by atoms with Crippen LogP contribution in [-0.2, 0) is 4.74 Å². The summed E-state index contributed by atoms with van der Waals surface area (Å²) in [5, 5.41) is 3.23. The molecule has 1 fully saturated rings. The zero-order valence-corrected chi connectivity index (χ0v) is 8.69. The Morgan fingerprint density at radius 2 is 2.44 bits per heavy atom. The van der Waals surface area contributed by atoms with E-state index in [1.165, 1.54) is 12.3 Å². The van der Waals surface area contributed by atoms with E-state index in [2.05, 4.69) is 10.3 Å². The fourth-order valence-corrected chi connectivity index (χ4v) is 1.95. The SMILES string of the molecule is Fc1ccc2cnc(C3CNCCO3)n2c1. The molecule has 1 aliphatic heterocycles. The van der Waals surface area contributed by atoms with Crippen LogP contribution < -0.4 is 5.32 Å². The molecule has 2 aromatic heterocycles. The van der Waals surface area contributed by atoms with Gasteiger partial charge in [-0.3, -0.25) is 4.40 Å². The molecule has 1 unspecified atom stereocenters. The summed E-state index contributed by atoms with van der Waals surface area (Å²) in [5.41, 5.74) is 0.880. The highest BCUT2D eigenvalue weighted by molar-refractivity contribution is 5.46. The molecule has 16 heavy (non-hydrogen) atoms. The first-order valence-corrected chi connectivity index (χ1v) is 5.29. The number of ether oxygens (including phenoxy) is 1. The van der Waals surface area contributed by atoms with E-state index in [4.69, 9.17) is 4.74 Å². The van der Waals surface area contributed by atoms with Crippen molar-refractivity contribution in [1.82, 2.24) is 14.7 Å². The van der Waals surface area contributed by atoms with Crippen molar-refractivity contribution in [3.05, 3.63) is 36.2 Å². The van der Waals surface area contributed by atoms with E-state index in [0.29, 0.717) is 6.61 Å². The second kappa shape index (κ2) is 3.84. The number of halogens is 1. The highest BCUT2D eigenvalue weighted by Gasteiger charge is 2.20. The summed E-state index contributed by atoms with van der Waals surface area (Å²) in [7, 11) is 0. The Morgan fingerprint density at radius 1 is 1.50 bits per heavy atom. The number of imidazole rings is 1. The van der Waals surface area contributed by atoms with Gasteiger partial charge >= 0.3 is 0 Å². The van der Waals surface area contributed by atoms with E-state index in [1.54, 1.807) is 16.7 Å². The van der Waals surface area contributed by atoms with E-state index in [-0.39, 0.29) is 11.9 Å². The minimum absolute atomic E-state index is 0.0990. The molecule has 3 heterocycles. The summed E-state index contributed by atoms with van der Waals surface area (Å²) in [6.07, 6.45) is 3.07. The molecule has 0 amide bonds. The van der Waals surface area contributed by atoms with E-state index >= 15 is 0 Å². The summed E-state index contributed by atoms with van der Waals surface area (Å²) < 4.78 is 20.5. The Labute approximate surface area is 92.1 Å². The summed E-state index contributed by atoms with van der Waals surface area (Å²) in [5.74, 6) is 0.484. The first-order valence-electron chi connectivity index (χ1n) is 5.29. The van der Waals surface area contributed by atoms with E-state index in [1.807, 2.05) is 0 Å². The van der Waals surface area contributed by atoms with Gasteiger partial charge in [-0.2, -0.15) is 0 Å². The third-order valence-electron chi connectivity index (χ3n) is 2.74. The molecule has 0 radical (unpaired) electrons. The Kier molecular flexibility index (Phi) is 2.34. The second-order valence-electron chi connectivity index (χ2n) is 3.82. The van der Waals surface area contributed by atoms with Crippen molar-refractivity contribution in [2.75, 3.05) is 19.7 Å². The van der Waals surface area contributed by atoms with Gasteiger partial charge in [0.2, 0.25) is 0 Å². The number of fused-ring (bicyclic) bond motifs is 1. The molecule has 0 spiro atoms. The van der Waals surface area contributed by atoms with Crippen LogP contribution in [0.2, 0.25) is 0 Å². The van der Waals surface area contributed by atoms with E-state index < -0.39 is 0 Å². The number of aromatic nitrogens is 2. The van der Waals surface area contributed by atoms with Gasteiger partial charge in [0.25, 0.3) is 0 Å². The summed E-state index contributed by atoms with van der Waals surface area (Å²) in [6.45, 7) is 2.23. The van der Waals surface area contributed by atoms with Gasteiger partial charge in [0.05, 0.1) is 18.3 Å². The van der Waals surface area contributed by atoms with Crippen molar-refractivity contribution in [3.63, 3.8) is 0 Å². The lowest BCUT2D eigenvalue weighted by atomic mass is 10.3. The number of hydrogen-bond donors (Lipinski definition) is 1. The van der Waals surface area contributed by atoms with Crippen LogP contribution in [0.5, 0.6) is 0 Å². The van der Waals surface area contributed by atoms with Crippen LogP contribution in [0.4, 0.5) is 4.39 Å². The van der Waals surface area contributed by atoms with Crippen LogP contribution in [0.15, 0.2) is 24.5 Å². The Hall–Kier alpha value is -1.46. The van der Waals surface area contributed by atoms with Crippen LogP contribution >= 0.6 is 0 Å².